The first-order chi connectivity index (χ1) is 17.7. The summed E-state index contributed by atoms with van der Waals surface area (Å²) in [7, 11) is 6.82. The fourth-order valence-corrected chi connectivity index (χ4v) is 5.37. The molecule has 36 heavy (non-hydrogen) atoms. The fourth-order valence-electron chi connectivity index (χ4n) is 5.37. The van der Waals surface area contributed by atoms with Gasteiger partial charge in [0.05, 0.1) is 28.4 Å². The summed E-state index contributed by atoms with van der Waals surface area (Å²) in [5, 5.41) is 0. The first-order valence-corrected chi connectivity index (χ1v) is 11.8. The lowest BCUT2D eigenvalue weighted by Crippen LogP contribution is -1.95. The van der Waals surface area contributed by atoms with Crippen molar-refractivity contribution in [1.82, 2.24) is 0 Å². The van der Waals surface area contributed by atoms with Gasteiger partial charge in [0.25, 0.3) is 0 Å². The SMILES string of the molecule is COc1cccc(C2=C3C(=C(c4cccc(OC)c4)c4ccc(OC)cc43)c3cc(OC)ccc32)c1. The molecule has 0 N–H and O–H groups in total. The summed E-state index contributed by atoms with van der Waals surface area (Å²) in [5.41, 5.74) is 11.6. The van der Waals surface area contributed by atoms with E-state index in [1.54, 1.807) is 28.4 Å². The fraction of sp³-hybridized carbons (Fsp3) is 0.125. The molecule has 0 atom stereocenters. The van der Waals surface area contributed by atoms with Crippen LogP contribution in [0.25, 0.3) is 22.3 Å². The van der Waals surface area contributed by atoms with Crippen molar-refractivity contribution in [3.05, 3.63) is 118 Å². The van der Waals surface area contributed by atoms with E-state index in [0.29, 0.717) is 0 Å². The molecule has 4 aromatic carbocycles. The number of benzene rings is 4. The molecule has 0 bridgehead atoms. The summed E-state index contributed by atoms with van der Waals surface area (Å²) in [5.74, 6) is 3.30. The maximum absolute atomic E-state index is 5.66. The van der Waals surface area contributed by atoms with Gasteiger partial charge in [0.1, 0.15) is 23.0 Å². The highest BCUT2D eigenvalue weighted by atomic mass is 16.5. The normalized spacial score (nSPS) is 13.3. The average Bonchev–Trinajstić information content (AvgIpc) is 3.44. The van der Waals surface area contributed by atoms with Gasteiger partial charge in [0, 0.05) is 0 Å². The van der Waals surface area contributed by atoms with Gasteiger partial charge in [-0.25, -0.2) is 0 Å². The molecule has 0 aromatic heterocycles. The van der Waals surface area contributed by atoms with Crippen molar-refractivity contribution in [1.29, 1.82) is 0 Å². The highest BCUT2D eigenvalue weighted by molar-refractivity contribution is 6.35. The third-order valence-corrected chi connectivity index (χ3v) is 7.00. The quantitative estimate of drug-likeness (QED) is 0.303. The van der Waals surface area contributed by atoms with Crippen molar-refractivity contribution in [3.8, 4) is 23.0 Å². The van der Waals surface area contributed by atoms with Crippen LogP contribution >= 0.6 is 0 Å². The summed E-state index contributed by atoms with van der Waals surface area (Å²) in [4.78, 5) is 0. The van der Waals surface area contributed by atoms with Crippen molar-refractivity contribution in [2.24, 2.45) is 0 Å². The largest absolute Gasteiger partial charge is 0.497 e. The molecular formula is C32H26O4. The molecule has 0 saturated heterocycles. The minimum absolute atomic E-state index is 0.824. The molecule has 2 aliphatic rings. The molecule has 4 heteroatoms. The molecule has 0 aliphatic heterocycles. The Labute approximate surface area is 211 Å². The number of allylic oxidation sites excluding steroid dienone is 2. The molecule has 0 heterocycles. The standard InChI is InChI=1S/C32H26O4/c1-33-21-9-5-7-19(15-21)29-25-13-11-23(35-3)17-27(25)32-30(20-8-6-10-22(16-20)34-2)26-14-12-24(36-4)18-28(26)31(29)32/h5-18H,1-4H3. The third kappa shape index (κ3) is 3.29. The zero-order chi connectivity index (χ0) is 24.8. The number of fused-ring (bicyclic) bond motifs is 5. The van der Waals surface area contributed by atoms with Crippen LogP contribution in [-0.4, -0.2) is 28.4 Å². The van der Waals surface area contributed by atoms with Gasteiger partial charge in [-0.2, -0.15) is 0 Å². The van der Waals surface area contributed by atoms with Crippen molar-refractivity contribution in [2.45, 2.75) is 0 Å². The van der Waals surface area contributed by atoms with Crippen molar-refractivity contribution >= 4 is 22.3 Å². The Balaban J connectivity index is 1.75. The topological polar surface area (TPSA) is 36.9 Å². The molecule has 2 aliphatic carbocycles. The van der Waals surface area contributed by atoms with Crippen LogP contribution < -0.4 is 18.9 Å². The van der Waals surface area contributed by atoms with Gasteiger partial charge in [0.15, 0.2) is 0 Å². The maximum atomic E-state index is 5.66. The average molecular weight is 475 g/mol. The van der Waals surface area contributed by atoms with Gasteiger partial charge in [-0.15, -0.1) is 0 Å². The molecule has 0 spiro atoms. The molecule has 4 aromatic rings. The predicted octanol–water partition coefficient (Wildman–Crippen LogP) is 6.97. The number of hydrogen-bond donors (Lipinski definition) is 0. The van der Waals surface area contributed by atoms with Crippen molar-refractivity contribution in [3.63, 3.8) is 0 Å². The molecule has 0 amide bonds. The van der Waals surface area contributed by atoms with Crippen LogP contribution in [0, 0.1) is 0 Å². The minimum Gasteiger partial charge on any atom is -0.497 e. The monoisotopic (exact) mass is 474 g/mol. The molecule has 0 fully saturated rings. The highest BCUT2D eigenvalue weighted by Crippen LogP contribution is 2.59. The summed E-state index contributed by atoms with van der Waals surface area (Å²) in [6.45, 7) is 0. The number of ether oxygens (including phenoxy) is 4. The maximum Gasteiger partial charge on any atom is 0.119 e. The van der Waals surface area contributed by atoms with Crippen LogP contribution in [0.15, 0.2) is 84.9 Å². The first-order valence-electron chi connectivity index (χ1n) is 11.8. The lowest BCUT2D eigenvalue weighted by Gasteiger charge is -2.14. The van der Waals surface area contributed by atoms with E-state index in [9.17, 15) is 0 Å². The lowest BCUT2D eigenvalue weighted by atomic mass is 9.91. The Morgan fingerprint density at radius 2 is 0.750 bits per heavy atom. The molecule has 178 valence electrons. The van der Waals surface area contributed by atoms with Crippen LogP contribution in [0.5, 0.6) is 23.0 Å². The van der Waals surface area contributed by atoms with Crippen LogP contribution in [0.1, 0.15) is 33.4 Å². The van der Waals surface area contributed by atoms with Gasteiger partial charge in [-0.05, 0) is 104 Å². The number of rotatable bonds is 6. The van der Waals surface area contributed by atoms with E-state index >= 15 is 0 Å². The van der Waals surface area contributed by atoms with E-state index < -0.39 is 0 Å². The second-order valence-electron chi connectivity index (χ2n) is 8.79. The van der Waals surface area contributed by atoms with E-state index in [1.807, 2.05) is 36.4 Å². The van der Waals surface area contributed by atoms with E-state index in [-0.39, 0.29) is 0 Å². The smallest absolute Gasteiger partial charge is 0.119 e. The second kappa shape index (κ2) is 8.65. The molecule has 6 rings (SSSR count). The number of methoxy groups -OCH3 is 4. The van der Waals surface area contributed by atoms with E-state index in [1.165, 1.54) is 33.4 Å². The van der Waals surface area contributed by atoms with Gasteiger partial charge in [-0.1, -0.05) is 36.4 Å². The molecule has 0 saturated carbocycles. The Hall–Kier alpha value is -4.44. The summed E-state index contributed by atoms with van der Waals surface area (Å²) < 4.78 is 22.5. The Morgan fingerprint density at radius 3 is 1.14 bits per heavy atom. The van der Waals surface area contributed by atoms with Gasteiger partial charge in [0.2, 0.25) is 0 Å². The summed E-state index contributed by atoms with van der Waals surface area (Å²) >= 11 is 0. The Morgan fingerprint density at radius 1 is 0.361 bits per heavy atom. The van der Waals surface area contributed by atoms with Crippen LogP contribution in [-0.2, 0) is 0 Å². The van der Waals surface area contributed by atoms with E-state index in [0.717, 1.165) is 45.3 Å². The number of hydrogen-bond acceptors (Lipinski definition) is 4. The molecule has 0 radical (unpaired) electrons. The molecule has 0 unspecified atom stereocenters. The van der Waals surface area contributed by atoms with Gasteiger partial charge >= 0.3 is 0 Å². The zero-order valence-corrected chi connectivity index (χ0v) is 20.7. The summed E-state index contributed by atoms with van der Waals surface area (Å²) in [6, 6.07) is 29.2. The zero-order valence-electron chi connectivity index (χ0n) is 20.7. The third-order valence-electron chi connectivity index (χ3n) is 7.00. The molecule has 4 nitrogen and oxygen atoms in total. The van der Waals surface area contributed by atoms with Crippen LogP contribution in [0.4, 0.5) is 0 Å². The van der Waals surface area contributed by atoms with Crippen LogP contribution in [0.2, 0.25) is 0 Å². The van der Waals surface area contributed by atoms with Crippen molar-refractivity contribution < 1.29 is 18.9 Å². The predicted molar refractivity (Wildman–Crippen MR) is 144 cm³/mol. The van der Waals surface area contributed by atoms with Gasteiger partial charge in [-0.3, -0.25) is 0 Å². The molecular weight excluding hydrogens is 448 g/mol. The van der Waals surface area contributed by atoms with Crippen LogP contribution in [0.3, 0.4) is 0 Å². The van der Waals surface area contributed by atoms with Crippen molar-refractivity contribution in [2.75, 3.05) is 28.4 Å². The second-order valence-corrected chi connectivity index (χ2v) is 8.79. The van der Waals surface area contributed by atoms with E-state index in [2.05, 4.69) is 48.5 Å². The van der Waals surface area contributed by atoms with E-state index in [4.69, 9.17) is 18.9 Å². The van der Waals surface area contributed by atoms with Gasteiger partial charge < -0.3 is 18.9 Å². The Kier molecular flexibility index (Phi) is 5.30. The summed E-state index contributed by atoms with van der Waals surface area (Å²) in [6.07, 6.45) is 0. The Bertz CT molecular complexity index is 1460. The minimum atomic E-state index is 0.824. The highest BCUT2D eigenvalue weighted by Gasteiger charge is 2.38. The lowest BCUT2D eigenvalue weighted by molar-refractivity contribution is 0.414. The first kappa shape index (κ1) is 22.1.